The second kappa shape index (κ2) is 12.7. The third-order valence-corrected chi connectivity index (χ3v) is 4.76. The van der Waals surface area contributed by atoms with Crippen molar-refractivity contribution in [3.63, 3.8) is 0 Å². The van der Waals surface area contributed by atoms with Crippen LogP contribution in [-0.2, 0) is 0 Å². The van der Waals surface area contributed by atoms with Gasteiger partial charge in [-0.05, 0) is 33.4 Å². The Morgan fingerprint density at radius 1 is 0.600 bits per heavy atom. The van der Waals surface area contributed by atoms with Gasteiger partial charge >= 0.3 is 0 Å². The zero-order valence-electron chi connectivity index (χ0n) is 15.1. The molecule has 0 saturated heterocycles. The fourth-order valence-corrected chi connectivity index (χ4v) is 3.28. The maximum atomic E-state index is 2.60. The molecule has 0 fully saturated rings. The lowest BCUT2D eigenvalue weighted by Gasteiger charge is -2.37. The molecule has 0 unspecified atom stereocenters. The van der Waals surface area contributed by atoms with Crippen molar-refractivity contribution in [2.24, 2.45) is 0 Å². The summed E-state index contributed by atoms with van der Waals surface area (Å²) in [6.45, 7) is 14.0. The number of unbranched alkanes of at least 4 members (excludes halogenated alkanes) is 9. The van der Waals surface area contributed by atoms with Crippen LogP contribution in [0.5, 0.6) is 0 Å². The van der Waals surface area contributed by atoms with Gasteiger partial charge in [-0.25, -0.2) is 0 Å². The summed E-state index contributed by atoms with van der Waals surface area (Å²) in [6, 6.07) is 0. The minimum atomic E-state index is 0.393. The minimum absolute atomic E-state index is 0.393. The first-order valence-electron chi connectivity index (χ1n) is 9.33. The van der Waals surface area contributed by atoms with Crippen molar-refractivity contribution in [3.8, 4) is 0 Å². The first-order chi connectivity index (χ1) is 9.58. The lowest BCUT2D eigenvalue weighted by atomic mass is 9.94. The summed E-state index contributed by atoms with van der Waals surface area (Å²) in [7, 11) is 0. The highest BCUT2D eigenvalue weighted by molar-refractivity contribution is 4.79. The molecule has 0 aliphatic heterocycles. The van der Waals surface area contributed by atoms with E-state index in [1.165, 1.54) is 83.7 Å². The summed E-state index contributed by atoms with van der Waals surface area (Å²) in [4.78, 5) is 2.60. The van der Waals surface area contributed by atoms with Crippen LogP contribution in [0.3, 0.4) is 0 Å². The largest absolute Gasteiger partial charge is 0.299 e. The molecule has 122 valence electrons. The van der Waals surface area contributed by atoms with E-state index in [9.17, 15) is 0 Å². The summed E-state index contributed by atoms with van der Waals surface area (Å²) in [5.41, 5.74) is 0.393. The van der Waals surface area contributed by atoms with Crippen molar-refractivity contribution < 1.29 is 0 Å². The van der Waals surface area contributed by atoms with Gasteiger partial charge < -0.3 is 0 Å². The van der Waals surface area contributed by atoms with Gasteiger partial charge in [-0.3, -0.25) is 4.90 Å². The van der Waals surface area contributed by atoms with Gasteiger partial charge in [0.1, 0.15) is 0 Å². The molecule has 0 bridgehead atoms. The topological polar surface area (TPSA) is 3.24 Å². The smallest absolute Gasteiger partial charge is 0.0153 e. The van der Waals surface area contributed by atoms with Gasteiger partial charge in [-0.1, -0.05) is 85.0 Å². The summed E-state index contributed by atoms with van der Waals surface area (Å²) < 4.78 is 0. The van der Waals surface area contributed by atoms with Crippen LogP contribution >= 0.6 is 0 Å². The molecule has 0 heterocycles. The number of rotatable bonds is 14. The number of hydrogen-bond acceptors (Lipinski definition) is 1. The van der Waals surface area contributed by atoms with E-state index in [1.54, 1.807) is 0 Å². The molecule has 0 aromatic rings. The maximum absolute atomic E-state index is 2.60. The standard InChI is InChI=1S/C19H41N/c1-6-9-10-11-12-13-14-15-16-17-18-19(4,5)20(7-2)8-3/h6-18H2,1-5H3. The molecule has 0 atom stereocenters. The van der Waals surface area contributed by atoms with Crippen LogP contribution in [0, 0.1) is 0 Å². The zero-order chi connectivity index (χ0) is 15.3. The molecule has 0 rings (SSSR count). The first-order valence-corrected chi connectivity index (χ1v) is 9.33. The Morgan fingerprint density at radius 2 is 1.00 bits per heavy atom. The van der Waals surface area contributed by atoms with E-state index < -0.39 is 0 Å². The van der Waals surface area contributed by atoms with Crippen LogP contribution in [0.1, 0.15) is 105 Å². The Bertz CT molecular complexity index is 194. The van der Waals surface area contributed by atoms with Gasteiger partial charge in [-0.15, -0.1) is 0 Å². The van der Waals surface area contributed by atoms with Crippen molar-refractivity contribution in [2.45, 2.75) is 111 Å². The predicted molar refractivity (Wildman–Crippen MR) is 93.5 cm³/mol. The molecule has 1 nitrogen and oxygen atoms in total. The van der Waals surface area contributed by atoms with E-state index in [0.717, 1.165) is 0 Å². The van der Waals surface area contributed by atoms with E-state index >= 15 is 0 Å². The van der Waals surface area contributed by atoms with Crippen LogP contribution < -0.4 is 0 Å². The molecule has 20 heavy (non-hydrogen) atoms. The Morgan fingerprint density at radius 3 is 1.40 bits per heavy atom. The lowest BCUT2D eigenvalue weighted by molar-refractivity contribution is 0.122. The van der Waals surface area contributed by atoms with E-state index in [-0.39, 0.29) is 0 Å². The average Bonchev–Trinajstić information content (AvgIpc) is 2.42. The van der Waals surface area contributed by atoms with Crippen LogP contribution in [0.4, 0.5) is 0 Å². The number of hydrogen-bond donors (Lipinski definition) is 0. The summed E-state index contributed by atoms with van der Waals surface area (Å²) in [5, 5.41) is 0. The Balaban J connectivity index is 3.43. The van der Waals surface area contributed by atoms with Crippen molar-refractivity contribution in [2.75, 3.05) is 13.1 Å². The molecule has 0 spiro atoms. The van der Waals surface area contributed by atoms with Crippen molar-refractivity contribution in [1.29, 1.82) is 0 Å². The van der Waals surface area contributed by atoms with Crippen molar-refractivity contribution in [3.05, 3.63) is 0 Å². The van der Waals surface area contributed by atoms with Gasteiger partial charge in [-0.2, -0.15) is 0 Å². The molecule has 0 aromatic heterocycles. The van der Waals surface area contributed by atoms with Gasteiger partial charge in [0.15, 0.2) is 0 Å². The zero-order valence-corrected chi connectivity index (χ0v) is 15.1. The molecule has 0 aliphatic rings. The van der Waals surface area contributed by atoms with Crippen LogP contribution in [0.25, 0.3) is 0 Å². The average molecular weight is 284 g/mol. The minimum Gasteiger partial charge on any atom is -0.299 e. The molecular weight excluding hydrogens is 242 g/mol. The van der Waals surface area contributed by atoms with Gasteiger partial charge in [0, 0.05) is 5.54 Å². The van der Waals surface area contributed by atoms with Crippen molar-refractivity contribution in [1.82, 2.24) is 4.90 Å². The van der Waals surface area contributed by atoms with E-state index in [4.69, 9.17) is 0 Å². The monoisotopic (exact) mass is 283 g/mol. The normalized spacial score (nSPS) is 12.3. The lowest BCUT2D eigenvalue weighted by Crippen LogP contribution is -2.43. The van der Waals surface area contributed by atoms with Crippen molar-refractivity contribution >= 4 is 0 Å². The fourth-order valence-electron chi connectivity index (χ4n) is 3.28. The molecule has 0 aromatic carbocycles. The highest BCUT2D eigenvalue weighted by Crippen LogP contribution is 2.22. The summed E-state index contributed by atoms with van der Waals surface area (Å²) >= 11 is 0. The predicted octanol–water partition coefficient (Wildman–Crippen LogP) is 6.42. The summed E-state index contributed by atoms with van der Waals surface area (Å²) in [6.07, 6.45) is 15.7. The van der Waals surface area contributed by atoms with E-state index in [2.05, 4.69) is 39.5 Å². The molecule has 1 heteroatoms. The summed E-state index contributed by atoms with van der Waals surface area (Å²) in [5.74, 6) is 0. The van der Waals surface area contributed by atoms with Crippen LogP contribution in [0.2, 0.25) is 0 Å². The SMILES string of the molecule is CCCCCCCCCCCCC(C)(C)N(CC)CC. The Kier molecular flexibility index (Phi) is 12.7. The quantitative estimate of drug-likeness (QED) is 0.333. The second-order valence-corrected chi connectivity index (χ2v) is 6.92. The first kappa shape index (κ1) is 20.0. The van der Waals surface area contributed by atoms with E-state index in [1.807, 2.05) is 0 Å². The van der Waals surface area contributed by atoms with Gasteiger partial charge in [0.25, 0.3) is 0 Å². The highest BCUT2D eigenvalue weighted by Gasteiger charge is 2.23. The number of nitrogens with zero attached hydrogens (tertiary/aromatic N) is 1. The molecule has 0 radical (unpaired) electrons. The van der Waals surface area contributed by atoms with Gasteiger partial charge in [0.2, 0.25) is 0 Å². The highest BCUT2D eigenvalue weighted by atomic mass is 15.2. The Hall–Kier alpha value is -0.0400. The third-order valence-electron chi connectivity index (χ3n) is 4.76. The molecule has 0 aliphatic carbocycles. The third kappa shape index (κ3) is 9.80. The van der Waals surface area contributed by atoms with Crippen LogP contribution in [0.15, 0.2) is 0 Å². The Labute approximate surface area is 129 Å². The maximum Gasteiger partial charge on any atom is 0.0153 e. The van der Waals surface area contributed by atoms with E-state index in [0.29, 0.717) is 5.54 Å². The molecular formula is C19H41N. The fraction of sp³-hybridized carbons (Fsp3) is 1.00. The molecule has 0 N–H and O–H groups in total. The second-order valence-electron chi connectivity index (χ2n) is 6.92. The van der Waals surface area contributed by atoms with Crippen LogP contribution in [-0.4, -0.2) is 23.5 Å². The molecule has 0 saturated carbocycles. The van der Waals surface area contributed by atoms with Gasteiger partial charge in [0.05, 0.1) is 0 Å². The molecule has 0 amide bonds.